The summed E-state index contributed by atoms with van der Waals surface area (Å²) in [6.45, 7) is 3.59. The highest BCUT2D eigenvalue weighted by atomic mass is 35.5. The van der Waals surface area contributed by atoms with Gasteiger partial charge in [0.25, 0.3) is 0 Å². The summed E-state index contributed by atoms with van der Waals surface area (Å²) in [5.74, 6) is 0.549. The third-order valence-corrected chi connectivity index (χ3v) is 5.61. The number of aromatic amines is 1. The lowest BCUT2D eigenvalue weighted by atomic mass is 9.98. The van der Waals surface area contributed by atoms with Crippen molar-refractivity contribution in [3.8, 4) is 17.5 Å². The van der Waals surface area contributed by atoms with Crippen LogP contribution in [0.4, 0.5) is 10.2 Å². The number of nitrogens with zero attached hydrogens (tertiary/aromatic N) is 5. The number of H-pyrrole nitrogens is 1. The van der Waals surface area contributed by atoms with E-state index in [0.29, 0.717) is 35.4 Å². The lowest BCUT2D eigenvalue weighted by Gasteiger charge is -2.32. The van der Waals surface area contributed by atoms with E-state index in [4.69, 9.17) is 16.9 Å². The van der Waals surface area contributed by atoms with Gasteiger partial charge in [0.2, 0.25) is 0 Å². The molecule has 1 fully saturated rings. The number of hydrogen-bond acceptors (Lipinski definition) is 6. The minimum Gasteiger partial charge on any atom is -0.367 e. The average molecular weight is 428 g/mol. The minimum absolute atomic E-state index is 0.200. The van der Waals surface area contributed by atoms with Crippen LogP contribution in [0.2, 0.25) is 5.02 Å². The number of piperidine rings is 1. The van der Waals surface area contributed by atoms with E-state index in [0.717, 1.165) is 49.8 Å². The van der Waals surface area contributed by atoms with Gasteiger partial charge in [-0.15, -0.1) is 0 Å². The van der Waals surface area contributed by atoms with E-state index in [1.807, 2.05) is 0 Å². The maximum absolute atomic E-state index is 14.4. The Kier molecular flexibility index (Phi) is 6.41. The Labute approximate surface area is 179 Å². The molecule has 1 aliphatic rings. The van der Waals surface area contributed by atoms with Crippen molar-refractivity contribution in [2.24, 2.45) is 5.92 Å². The van der Waals surface area contributed by atoms with Gasteiger partial charge < -0.3 is 15.2 Å². The molecule has 0 saturated carbocycles. The predicted octanol–water partition coefficient (Wildman–Crippen LogP) is 4.24. The quantitative estimate of drug-likeness (QED) is 0.548. The third-order valence-electron chi connectivity index (χ3n) is 5.41. The largest absolute Gasteiger partial charge is 0.367 e. The summed E-state index contributed by atoms with van der Waals surface area (Å²) in [4.78, 5) is 18.3. The fraction of sp³-hybridized carbons (Fsp3) is 0.429. The predicted molar refractivity (Wildman–Crippen MR) is 115 cm³/mol. The van der Waals surface area contributed by atoms with Crippen molar-refractivity contribution in [2.45, 2.75) is 25.7 Å². The summed E-state index contributed by atoms with van der Waals surface area (Å²) in [5.41, 5.74) is 1.40. The lowest BCUT2D eigenvalue weighted by molar-refractivity contribution is 0.179. The van der Waals surface area contributed by atoms with Gasteiger partial charge in [0.15, 0.2) is 17.5 Å². The average Bonchev–Trinajstić information content (AvgIpc) is 3.17. The molecule has 1 saturated heterocycles. The first-order chi connectivity index (χ1) is 14.6. The molecular weight excluding hydrogens is 405 g/mol. The smallest absolute Gasteiger partial charge is 0.183 e. The Hall–Kier alpha value is -2.76. The summed E-state index contributed by atoms with van der Waals surface area (Å²) in [5, 5.41) is 13.2. The van der Waals surface area contributed by atoms with Gasteiger partial charge in [-0.25, -0.2) is 19.3 Å². The van der Waals surface area contributed by atoms with Crippen LogP contribution in [0.3, 0.4) is 0 Å². The molecule has 30 heavy (non-hydrogen) atoms. The monoisotopic (exact) mass is 427 g/mol. The van der Waals surface area contributed by atoms with Crippen LogP contribution < -0.4 is 5.32 Å². The highest BCUT2D eigenvalue weighted by Gasteiger charge is 2.20. The van der Waals surface area contributed by atoms with Crippen molar-refractivity contribution in [3.05, 3.63) is 35.5 Å². The number of nitriles is 1. The number of halogens is 2. The maximum Gasteiger partial charge on any atom is 0.183 e. The molecule has 1 aliphatic heterocycles. The molecule has 1 atom stereocenters. The van der Waals surface area contributed by atoms with Crippen LogP contribution in [0.25, 0.3) is 22.4 Å². The molecular formula is C21H23ClFN7. The third kappa shape index (κ3) is 4.69. The Bertz CT molecular complexity index is 1060. The van der Waals surface area contributed by atoms with Gasteiger partial charge in [0.05, 0.1) is 17.3 Å². The fourth-order valence-corrected chi connectivity index (χ4v) is 4.09. The molecule has 0 bridgehead atoms. The molecule has 4 heterocycles. The molecule has 0 spiro atoms. The van der Waals surface area contributed by atoms with Crippen molar-refractivity contribution in [3.63, 3.8) is 0 Å². The summed E-state index contributed by atoms with van der Waals surface area (Å²) >= 11 is 6.07. The number of hydrogen-bond donors (Lipinski definition) is 2. The summed E-state index contributed by atoms with van der Waals surface area (Å²) in [6.07, 6.45) is 8.19. The second-order valence-corrected chi connectivity index (χ2v) is 8.03. The fourth-order valence-electron chi connectivity index (χ4n) is 3.93. The number of fused-ring (bicyclic) bond motifs is 1. The number of nitrogens with one attached hydrogen (secondary N) is 2. The van der Waals surface area contributed by atoms with Gasteiger partial charge in [0.1, 0.15) is 5.65 Å². The first kappa shape index (κ1) is 20.5. The number of unbranched alkanes of at least 4 members (excludes halogenated alkanes) is 1. The zero-order valence-corrected chi connectivity index (χ0v) is 17.3. The standard InChI is InChI=1S/C21H23ClFN7/c22-15-8-16-17(11-27-19(16)26-10-15)20-28-12-18(23)21(29-20)25-9-14-4-3-7-30(13-14)6-2-1-5-24/h8,10-12,14H,1-4,6-7,9,13H2,(H,26,27)(H,25,28,29). The Morgan fingerprint density at radius 3 is 3.13 bits per heavy atom. The van der Waals surface area contributed by atoms with E-state index in [-0.39, 0.29) is 5.82 Å². The van der Waals surface area contributed by atoms with Crippen molar-refractivity contribution >= 4 is 28.5 Å². The molecule has 2 N–H and O–H groups in total. The molecule has 4 rings (SSSR count). The van der Waals surface area contributed by atoms with Crippen molar-refractivity contribution < 1.29 is 4.39 Å². The summed E-state index contributed by atoms with van der Waals surface area (Å²) in [6, 6.07) is 3.98. The second kappa shape index (κ2) is 9.37. The zero-order valence-electron chi connectivity index (χ0n) is 16.5. The van der Waals surface area contributed by atoms with E-state index < -0.39 is 5.82 Å². The van der Waals surface area contributed by atoms with E-state index >= 15 is 0 Å². The zero-order chi connectivity index (χ0) is 20.9. The molecule has 0 radical (unpaired) electrons. The molecule has 0 amide bonds. The van der Waals surface area contributed by atoms with Crippen LogP contribution in [-0.2, 0) is 0 Å². The van der Waals surface area contributed by atoms with Gasteiger partial charge >= 0.3 is 0 Å². The molecule has 9 heteroatoms. The highest BCUT2D eigenvalue weighted by molar-refractivity contribution is 6.31. The molecule has 0 aliphatic carbocycles. The van der Waals surface area contributed by atoms with Crippen LogP contribution in [-0.4, -0.2) is 51.0 Å². The molecule has 7 nitrogen and oxygen atoms in total. The minimum atomic E-state index is -0.476. The maximum atomic E-state index is 14.4. The van der Waals surface area contributed by atoms with E-state index in [9.17, 15) is 4.39 Å². The first-order valence-electron chi connectivity index (χ1n) is 10.1. The van der Waals surface area contributed by atoms with Crippen molar-refractivity contribution in [1.29, 1.82) is 5.26 Å². The molecule has 0 aromatic carbocycles. The van der Waals surface area contributed by atoms with Gasteiger partial charge in [-0.05, 0) is 44.3 Å². The number of aromatic nitrogens is 4. The Morgan fingerprint density at radius 1 is 1.37 bits per heavy atom. The number of anilines is 1. The Balaban J connectivity index is 1.45. The van der Waals surface area contributed by atoms with Crippen LogP contribution in [0.1, 0.15) is 25.7 Å². The SMILES string of the molecule is N#CCCCN1CCCC(CNc2nc(-c3c[nH]c4ncc(Cl)cc34)ncc2F)C1. The summed E-state index contributed by atoms with van der Waals surface area (Å²) < 4.78 is 14.4. The van der Waals surface area contributed by atoms with Gasteiger partial charge in [-0.3, -0.25) is 0 Å². The second-order valence-electron chi connectivity index (χ2n) is 7.59. The molecule has 3 aromatic heterocycles. The number of likely N-dealkylation sites (tertiary alicyclic amines) is 1. The Morgan fingerprint density at radius 2 is 2.27 bits per heavy atom. The van der Waals surface area contributed by atoms with E-state index in [2.05, 4.69) is 36.2 Å². The molecule has 156 valence electrons. The summed E-state index contributed by atoms with van der Waals surface area (Å²) in [7, 11) is 0. The highest BCUT2D eigenvalue weighted by Crippen LogP contribution is 2.28. The van der Waals surface area contributed by atoms with Crippen molar-refractivity contribution in [1.82, 2.24) is 24.8 Å². The van der Waals surface area contributed by atoms with Gasteiger partial charge in [-0.2, -0.15) is 5.26 Å². The molecule has 1 unspecified atom stereocenters. The lowest BCUT2D eigenvalue weighted by Crippen LogP contribution is -2.38. The van der Waals surface area contributed by atoms with Gasteiger partial charge in [0, 0.05) is 42.9 Å². The van der Waals surface area contributed by atoms with Crippen LogP contribution in [0.15, 0.2) is 24.7 Å². The van der Waals surface area contributed by atoms with Gasteiger partial charge in [-0.1, -0.05) is 11.6 Å². The number of rotatable bonds is 7. The normalized spacial score (nSPS) is 17.2. The van der Waals surface area contributed by atoms with Crippen LogP contribution in [0, 0.1) is 23.1 Å². The topological polar surface area (TPSA) is 93.5 Å². The van der Waals surface area contributed by atoms with Crippen LogP contribution >= 0.6 is 11.6 Å². The van der Waals surface area contributed by atoms with Crippen molar-refractivity contribution in [2.75, 3.05) is 31.5 Å². The molecule has 3 aromatic rings. The van der Waals surface area contributed by atoms with E-state index in [1.165, 1.54) is 6.20 Å². The van der Waals surface area contributed by atoms with E-state index in [1.54, 1.807) is 18.5 Å². The van der Waals surface area contributed by atoms with Crippen LogP contribution in [0.5, 0.6) is 0 Å². The first-order valence-corrected chi connectivity index (χ1v) is 10.5. The number of pyridine rings is 1.